The number of ether oxygens (including phenoxy) is 1. The van der Waals surface area contributed by atoms with E-state index in [9.17, 15) is 13.2 Å². The Morgan fingerprint density at radius 1 is 1.36 bits per heavy atom. The van der Waals surface area contributed by atoms with Crippen molar-refractivity contribution in [2.75, 3.05) is 26.2 Å². The zero-order chi connectivity index (χ0) is 18.3. The Balaban J connectivity index is 1.73. The first-order chi connectivity index (χ1) is 11.9. The number of nitrogens with zero attached hydrogens (tertiary/aromatic N) is 2. The number of aliphatic imine (C=N–C) groups is 1. The Morgan fingerprint density at radius 3 is 2.72 bits per heavy atom. The number of nitrogens with two attached hydrogens (primary N) is 1. The van der Waals surface area contributed by atoms with Crippen LogP contribution in [0.25, 0.3) is 0 Å². The summed E-state index contributed by atoms with van der Waals surface area (Å²) in [5.74, 6) is 0.674. The van der Waals surface area contributed by atoms with E-state index in [0.717, 1.165) is 44.6 Å². The lowest BCUT2D eigenvalue weighted by Crippen LogP contribution is -2.36. The van der Waals surface area contributed by atoms with Crippen molar-refractivity contribution in [3.8, 4) is 5.75 Å². The average molecular weight is 358 g/mol. The van der Waals surface area contributed by atoms with Crippen LogP contribution in [-0.2, 0) is 6.54 Å². The number of alkyl halides is 3. The minimum absolute atomic E-state index is 0.246. The molecule has 1 heterocycles. The van der Waals surface area contributed by atoms with Gasteiger partial charge >= 0.3 is 6.36 Å². The van der Waals surface area contributed by atoms with Gasteiger partial charge in [-0.25, -0.2) is 4.99 Å². The van der Waals surface area contributed by atoms with E-state index in [1.54, 1.807) is 0 Å². The Kier molecular flexibility index (Phi) is 6.92. The molecule has 0 spiro atoms. The molecule has 0 aromatic heterocycles. The van der Waals surface area contributed by atoms with Gasteiger partial charge in [0, 0.05) is 13.1 Å². The zero-order valence-electron chi connectivity index (χ0n) is 14.4. The molecule has 0 saturated carbocycles. The molecule has 5 nitrogen and oxygen atoms in total. The molecule has 1 fully saturated rings. The van der Waals surface area contributed by atoms with Crippen molar-refractivity contribution in [3.05, 3.63) is 29.8 Å². The molecule has 1 saturated heterocycles. The maximum absolute atomic E-state index is 12.1. The maximum Gasteiger partial charge on any atom is 0.573 e. The van der Waals surface area contributed by atoms with Crippen molar-refractivity contribution in [1.29, 1.82) is 0 Å². The maximum atomic E-state index is 12.1. The fourth-order valence-electron chi connectivity index (χ4n) is 2.88. The van der Waals surface area contributed by atoms with Gasteiger partial charge in [0.25, 0.3) is 0 Å². The van der Waals surface area contributed by atoms with Gasteiger partial charge in [-0.1, -0.05) is 19.1 Å². The Labute approximate surface area is 146 Å². The van der Waals surface area contributed by atoms with Crippen LogP contribution in [0, 0.1) is 5.92 Å². The lowest BCUT2D eigenvalue weighted by atomic mass is 10.1. The predicted octanol–water partition coefficient (Wildman–Crippen LogP) is 2.72. The van der Waals surface area contributed by atoms with Crippen LogP contribution in [0.3, 0.4) is 0 Å². The summed E-state index contributed by atoms with van der Waals surface area (Å²) in [6.45, 7) is 6.61. The molecule has 0 aliphatic carbocycles. The number of hydrogen-bond donors (Lipinski definition) is 2. The summed E-state index contributed by atoms with van der Waals surface area (Å²) in [5.41, 5.74) is 6.62. The first-order valence-electron chi connectivity index (χ1n) is 8.46. The molecule has 8 heteroatoms. The monoisotopic (exact) mass is 358 g/mol. The molecule has 1 atom stereocenters. The average Bonchev–Trinajstić information content (AvgIpc) is 2.99. The molecule has 0 bridgehead atoms. The molecule has 1 aromatic rings. The van der Waals surface area contributed by atoms with Gasteiger partial charge in [-0.15, -0.1) is 13.2 Å². The Morgan fingerprint density at radius 2 is 2.08 bits per heavy atom. The van der Waals surface area contributed by atoms with Gasteiger partial charge in [0.05, 0.1) is 6.54 Å². The van der Waals surface area contributed by atoms with Crippen LogP contribution in [0.1, 0.15) is 25.3 Å². The predicted molar refractivity (Wildman–Crippen MR) is 91.3 cm³/mol. The zero-order valence-corrected chi connectivity index (χ0v) is 14.4. The van der Waals surface area contributed by atoms with Crippen molar-refractivity contribution in [2.24, 2.45) is 16.6 Å². The van der Waals surface area contributed by atoms with Gasteiger partial charge in [0.1, 0.15) is 5.75 Å². The molecule has 1 aliphatic heterocycles. The summed E-state index contributed by atoms with van der Waals surface area (Å²) in [7, 11) is 0. The van der Waals surface area contributed by atoms with Gasteiger partial charge in [0.2, 0.25) is 0 Å². The van der Waals surface area contributed by atoms with Crippen LogP contribution in [-0.4, -0.2) is 43.4 Å². The van der Waals surface area contributed by atoms with Crippen molar-refractivity contribution in [3.63, 3.8) is 0 Å². The van der Waals surface area contributed by atoms with Crippen LogP contribution in [0.15, 0.2) is 29.3 Å². The third kappa shape index (κ3) is 7.21. The number of likely N-dealkylation sites (tertiary alicyclic amines) is 1. The van der Waals surface area contributed by atoms with Crippen molar-refractivity contribution in [2.45, 2.75) is 32.7 Å². The Hall–Kier alpha value is -1.96. The highest BCUT2D eigenvalue weighted by atomic mass is 19.4. The highest BCUT2D eigenvalue weighted by molar-refractivity contribution is 5.77. The largest absolute Gasteiger partial charge is 0.573 e. The number of rotatable bonds is 7. The highest BCUT2D eigenvalue weighted by Gasteiger charge is 2.30. The number of halogens is 3. The van der Waals surface area contributed by atoms with Gasteiger partial charge < -0.3 is 20.7 Å². The topological polar surface area (TPSA) is 62.9 Å². The molecule has 140 valence electrons. The molecule has 1 aromatic carbocycles. The van der Waals surface area contributed by atoms with Gasteiger partial charge in [-0.3, -0.25) is 0 Å². The van der Waals surface area contributed by atoms with E-state index in [1.165, 1.54) is 24.3 Å². The van der Waals surface area contributed by atoms with Gasteiger partial charge in [-0.2, -0.15) is 0 Å². The minimum atomic E-state index is -4.68. The summed E-state index contributed by atoms with van der Waals surface area (Å²) < 4.78 is 40.1. The SMILES string of the molecule is CCCN1CCC(CNC(N)=NCc2ccc(OC(F)(F)F)cc2)C1. The second kappa shape index (κ2) is 8.94. The summed E-state index contributed by atoms with van der Waals surface area (Å²) in [6, 6.07) is 5.61. The lowest BCUT2D eigenvalue weighted by molar-refractivity contribution is -0.274. The van der Waals surface area contributed by atoms with E-state index in [1.807, 2.05) is 0 Å². The molecule has 2 rings (SSSR count). The van der Waals surface area contributed by atoms with Crippen LogP contribution < -0.4 is 15.8 Å². The van der Waals surface area contributed by atoms with Gasteiger partial charge in [0.15, 0.2) is 5.96 Å². The van der Waals surface area contributed by atoms with Crippen LogP contribution in [0.2, 0.25) is 0 Å². The number of hydrogen-bond acceptors (Lipinski definition) is 3. The molecule has 0 radical (unpaired) electrons. The fourth-order valence-corrected chi connectivity index (χ4v) is 2.88. The summed E-state index contributed by atoms with van der Waals surface area (Å²) in [6.07, 6.45) is -2.36. The van der Waals surface area contributed by atoms with Crippen LogP contribution in [0.4, 0.5) is 13.2 Å². The molecule has 25 heavy (non-hydrogen) atoms. The van der Waals surface area contributed by atoms with Crippen LogP contribution in [0.5, 0.6) is 5.75 Å². The van der Waals surface area contributed by atoms with E-state index >= 15 is 0 Å². The van der Waals surface area contributed by atoms with Crippen molar-refractivity contribution in [1.82, 2.24) is 10.2 Å². The van der Waals surface area contributed by atoms with Crippen molar-refractivity contribution < 1.29 is 17.9 Å². The fraction of sp³-hybridized carbons (Fsp3) is 0.588. The second-order valence-corrected chi connectivity index (χ2v) is 6.23. The molecule has 1 aliphatic rings. The summed E-state index contributed by atoms with van der Waals surface area (Å²) in [5, 5.41) is 3.13. The van der Waals surface area contributed by atoms with E-state index in [0.29, 0.717) is 18.4 Å². The third-order valence-corrected chi connectivity index (χ3v) is 4.07. The third-order valence-electron chi connectivity index (χ3n) is 4.07. The highest BCUT2D eigenvalue weighted by Crippen LogP contribution is 2.22. The smallest absolute Gasteiger partial charge is 0.406 e. The lowest BCUT2D eigenvalue weighted by Gasteiger charge is -2.15. The summed E-state index contributed by atoms with van der Waals surface area (Å²) in [4.78, 5) is 6.67. The quantitative estimate of drug-likeness (QED) is 0.581. The molecule has 3 N–H and O–H groups in total. The van der Waals surface area contributed by atoms with Crippen LogP contribution >= 0.6 is 0 Å². The standard InChI is InChI=1S/C17H25F3N4O/c1-2-8-24-9-7-14(12-24)11-23-16(21)22-10-13-3-5-15(6-4-13)25-17(18,19)20/h3-6,14H,2,7-12H2,1H3,(H3,21,22,23). The number of benzene rings is 1. The van der Waals surface area contributed by atoms with E-state index in [4.69, 9.17) is 5.73 Å². The number of nitrogens with one attached hydrogen (secondary N) is 1. The van der Waals surface area contributed by atoms with E-state index < -0.39 is 6.36 Å². The molecule has 1 unspecified atom stereocenters. The second-order valence-electron chi connectivity index (χ2n) is 6.23. The summed E-state index contributed by atoms with van der Waals surface area (Å²) >= 11 is 0. The molecular formula is C17H25F3N4O. The van der Waals surface area contributed by atoms with E-state index in [2.05, 4.69) is 26.9 Å². The number of guanidine groups is 1. The first-order valence-corrected chi connectivity index (χ1v) is 8.46. The van der Waals surface area contributed by atoms with E-state index in [-0.39, 0.29) is 5.75 Å². The first kappa shape index (κ1) is 19.4. The normalized spacial score (nSPS) is 19.2. The molecule has 0 amide bonds. The van der Waals surface area contributed by atoms with Gasteiger partial charge in [-0.05, 0) is 49.5 Å². The molecular weight excluding hydrogens is 333 g/mol. The van der Waals surface area contributed by atoms with Crippen molar-refractivity contribution >= 4 is 5.96 Å². The minimum Gasteiger partial charge on any atom is -0.406 e. The Bertz CT molecular complexity index is 560.